The van der Waals surface area contributed by atoms with Crippen LogP contribution < -0.4 is 0 Å². The molecule has 0 aromatic carbocycles. The molecule has 7 heteroatoms. The minimum atomic E-state index is -1.19. The van der Waals surface area contributed by atoms with Gasteiger partial charge in [0.15, 0.2) is 0 Å². The van der Waals surface area contributed by atoms with Gasteiger partial charge in [-0.05, 0) is 6.42 Å². The molecular weight excluding hydrogens is 206 g/mol. The second kappa shape index (κ2) is 5.94. The van der Waals surface area contributed by atoms with Gasteiger partial charge in [0.2, 0.25) is 6.04 Å². The van der Waals surface area contributed by atoms with Crippen molar-refractivity contribution in [2.75, 3.05) is 0 Å². The first-order chi connectivity index (χ1) is 6.84. The van der Waals surface area contributed by atoms with Crippen LogP contribution in [0.1, 0.15) is 26.2 Å². The third-order valence-corrected chi connectivity index (χ3v) is 2.04. The van der Waals surface area contributed by atoms with E-state index in [0.29, 0.717) is 0 Å². The van der Waals surface area contributed by atoms with Crippen LogP contribution in [-0.2, 0) is 9.59 Å². The Bertz CT molecular complexity index is 264. The van der Waals surface area contributed by atoms with E-state index in [0.717, 1.165) is 0 Å². The first-order valence-electron chi connectivity index (χ1n) is 4.42. The number of carboxylic acids is 2. The summed E-state index contributed by atoms with van der Waals surface area (Å²) >= 11 is 0. The molecule has 0 spiro atoms. The average molecular weight is 219 g/mol. The van der Waals surface area contributed by atoms with Gasteiger partial charge in [0.25, 0.3) is 0 Å². The minimum Gasteiger partial charge on any atom is -0.481 e. The Labute approximate surface area is 85.9 Å². The smallest absolute Gasteiger partial charge is 0.306 e. The lowest BCUT2D eigenvalue weighted by molar-refractivity contribution is -0.519. The molecule has 0 fully saturated rings. The van der Waals surface area contributed by atoms with E-state index in [1.807, 2.05) is 0 Å². The first-order valence-corrected chi connectivity index (χ1v) is 4.42. The third-order valence-electron chi connectivity index (χ3n) is 2.04. The molecule has 0 aromatic heterocycles. The summed E-state index contributed by atoms with van der Waals surface area (Å²) in [5.74, 6) is -3.26. The SMILES string of the molecule is CC(CC(CCC(=O)O)C(=O)O)[N+](=O)[O-]. The van der Waals surface area contributed by atoms with Gasteiger partial charge in [-0.15, -0.1) is 0 Å². The van der Waals surface area contributed by atoms with Crippen LogP contribution in [0.4, 0.5) is 0 Å². The molecule has 0 aromatic rings. The zero-order valence-corrected chi connectivity index (χ0v) is 8.25. The Balaban J connectivity index is 4.22. The van der Waals surface area contributed by atoms with Crippen molar-refractivity contribution >= 4 is 11.9 Å². The Hall–Kier alpha value is -1.66. The quantitative estimate of drug-likeness (QED) is 0.478. The van der Waals surface area contributed by atoms with E-state index >= 15 is 0 Å². The first kappa shape index (κ1) is 13.3. The summed E-state index contributed by atoms with van der Waals surface area (Å²) < 4.78 is 0. The summed E-state index contributed by atoms with van der Waals surface area (Å²) in [5, 5.41) is 27.4. The van der Waals surface area contributed by atoms with Gasteiger partial charge in [-0.2, -0.15) is 0 Å². The number of hydrogen-bond donors (Lipinski definition) is 2. The molecule has 0 aliphatic heterocycles. The lowest BCUT2D eigenvalue weighted by Gasteiger charge is -2.11. The van der Waals surface area contributed by atoms with Crippen molar-refractivity contribution in [2.45, 2.75) is 32.2 Å². The van der Waals surface area contributed by atoms with Crippen LogP contribution in [0.25, 0.3) is 0 Å². The standard InChI is InChI=1S/C8H13NO6/c1-5(9(14)15)4-6(8(12)13)2-3-7(10)11/h5-6H,2-4H2,1H3,(H,10,11)(H,12,13). The predicted molar refractivity (Wildman–Crippen MR) is 49.1 cm³/mol. The van der Waals surface area contributed by atoms with Crippen molar-refractivity contribution in [1.82, 2.24) is 0 Å². The number of nitro groups is 1. The van der Waals surface area contributed by atoms with Gasteiger partial charge in [-0.1, -0.05) is 0 Å². The van der Waals surface area contributed by atoms with Crippen LogP contribution in [0.15, 0.2) is 0 Å². The Kier molecular flexibility index (Phi) is 5.29. The highest BCUT2D eigenvalue weighted by Crippen LogP contribution is 2.15. The fraction of sp³-hybridized carbons (Fsp3) is 0.750. The van der Waals surface area contributed by atoms with Crippen molar-refractivity contribution in [3.8, 4) is 0 Å². The second-order valence-corrected chi connectivity index (χ2v) is 3.34. The van der Waals surface area contributed by atoms with Gasteiger partial charge in [-0.3, -0.25) is 19.7 Å². The van der Waals surface area contributed by atoms with E-state index in [-0.39, 0.29) is 19.3 Å². The van der Waals surface area contributed by atoms with E-state index in [1.165, 1.54) is 6.92 Å². The number of hydrogen-bond acceptors (Lipinski definition) is 4. The van der Waals surface area contributed by atoms with Crippen LogP contribution >= 0.6 is 0 Å². The lowest BCUT2D eigenvalue weighted by atomic mass is 9.96. The molecule has 0 saturated carbocycles. The molecule has 15 heavy (non-hydrogen) atoms. The van der Waals surface area contributed by atoms with Gasteiger partial charge in [0.1, 0.15) is 0 Å². The molecule has 0 aliphatic rings. The zero-order valence-electron chi connectivity index (χ0n) is 8.25. The Morgan fingerprint density at radius 3 is 2.27 bits per heavy atom. The number of rotatable bonds is 7. The summed E-state index contributed by atoms with van der Waals surface area (Å²) in [6.07, 6.45) is -0.514. The summed E-state index contributed by atoms with van der Waals surface area (Å²) in [5.41, 5.74) is 0. The third kappa shape index (κ3) is 5.61. The molecule has 0 radical (unpaired) electrons. The summed E-state index contributed by atoms with van der Waals surface area (Å²) in [6, 6.07) is -0.972. The summed E-state index contributed by atoms with van der Waals surface area (Å²) in [7, 11) is 0. The highest BCUT2D eigenvalue weighted by atomic mass is 16.6. The van der Waals surface area contributed by atoms with Crippen molar-refractivity contribution in [1.29, 1.82) is 0 Å². The topological polar surface area (TPSA) is 118 Å². The minimum absolute atomic E-state index is 0.0805. The number of aliphatic carboxylic acids is 2. The molecule has 0 rings (SSSR count). The van der Waals surface area contributed by atoms with Crippen LogP contribution in [0.3, 0.4) is 0 Å². The lowest BCUT2D eigenvalue weighted by Crippen LogP contribution is -2.24. The molecule has 2 unspecified atom stereocenters. The van der Waals surface area contributed by atoms with Crippen molar-refractivity contribution < 1.29 is 24.7 Å². The average Bonchev–Trinajstić information content (AvgIpc) is 2.10. The highest BCUT2D eigenvalue weighted by molar-refractivity contribution is 5.72. The Morgan fingerprint density at radius 2 is 1.93 bits per heavy atom. The molecule has 0 heterocycles. The number of carbonyl (C=O) groups is 2. The van der Waals surface area contributed by atoms with Gasteiger partial charge >= 0.3 is 11.9 Å². The largest absolute Gasteiger partial charge is 0.481 e. The van der Waals surface area contributed by atoms with Crippen LogP contribution in [0.5, 0.6) is 0 Å². The van der Waals surface area contributed by atoms with Gasteiger partial charge in [0.05, 0.1) is 5.92 Å². The van der Waals surface area contributed by atoms with E-state index in [2.05, 4.69) is 0 Å². The highest BCUT2D eigenvalue weighted by Gasteiger charge is 2.26. The van der Waals surface area contributed by atoms with Crippen LogP contribution in [0.2, 0.25) is 0 Å². The van der Waals surface area contributed by atoms with Gasteiger partial charge in [0, 0.05) is 24.7 Å². The second-order valence-electron chi connectivity index (χ2n) is 3.34. The fourth-order valence-corrected chi connectivity index (χ4v) is 1.14. The van der Waals surface area contributed by atoms with E-state index in [4.69, 9.17) is 10.2 Å². The van der Waals surface area contributed by atoms with E-state index < -0.39 is 28.8 Å². The molecule has 86 valence electrons. The molecule has 0 aliphatic carbocycles. The fourth-order valence-electron chi connectivity index (χ4n) is 1.14. The monoisotopic (exact) mass is 219 g/mol. The maximum Gasteiger partial charge on any atom is 0.306 e. The van der Waals surface area contributed by atoms with Crippen molar-refractivity contribution in [2.24, 2.45) is 5.92 Å². The molecule has 7 nitrogen and oxygen atoms in total. The molecule has 0 amide bonds. The normalized spacial score (nSPS) is 14.2. The maximum absolute atomic E-state index is 10.7. The molecule has 2 atom stereocenters. The molecular formula is C8H13NO6. The summed E-state index contributed by atoms with van der Waals surface area (Å²) in [4.78, 5) is 30.6. The maximum atomic E-state index is 10.7. The predicted octanol–water partition coefficient (Wildman–Crippen LogP) is 0.607. The summed E-state index contributed by atoms with van der Waals surface area (Å²) in [6.45, 7) is 1.30. The molecule has 0 saturated heterocycles. The van der Waals surface area contributed by atoms with Crippen LogP contribution in [0, 0.1) is 16.0 Å². The van der Waals surface area contributed by atoms with Gasteiger partial charge < -0.3 is 10.2 Å². The number of carboxylic acid groups (broad SMARTS) is 2. The molecule has 0 bridgehead atoms. The van der Waals surface area contributed by atoms with E-state index in [9.17, 15) is 19.7 Å². The van der Waals surface area contributed by atoms with E-state index in [1.54, 1.807) is 0 Å². The Morgan fingerprint density at radius 1 is 1.40 bits per heavy atom. The van der Waals surface area contributed by atoms with Crippen LogP contribution in [-0.4, -0.2) is 33.1 Å². The zero-order chi connectivity index (χ0) is 12.0. The van der Waals surface area contributed by atoms with Gasteiger partial charge in [-0.25, -0.2) is 0 Å². The van der Waals surface area contributed by atoms with Crippen molar-refractivity contribution in [3.63, 3.8) is 0 Å². The molecule has 2 N–H and O–H groups in total. The number of nitrogens with zero attached hydrogens (tertiary/aromatic N) is 1. The van der Waals surface area contributed by atoms with Crippen molar-refractivity contribution in [3.05, 3.63) is 10.1 Å².